The summed E-state index contributed by atoms with van der Waals surface area (Å²) in [5.41, 5.74) is 1.63. The molecule has 6 heteroatoms. The average Bonchev–Trinajstić information content (AvgIpc) is 2.83. The number of aryl methyl sites for hydroxylation is 1. The Kier molecular flexibility index (Phi) is 4.07. The zero-order valence-electron chi connectivity index (χ0n) is 9.68. The summed E-state index contributed by atoms with van der Waals surface area (Å²) in [5.74, 6) is 0. The maximum Gasteiger partial charge on any atom is 0.241 e. The highest BCUT2D eigenvalue weighted by Gasteiger charge is 2.16. The highest BCUT2D eigenvalue weighted by atomic mass is 35.5. The molecule has 0 amide bonds. The number of rotatable bonds is 4. The van der Waals surface area contributed by atoms with Gasteiger partial charge in [0.15, 0.2) is 0 Å². The van der Waals surface area contributed by atoms with Crippen LogP contribution in [0.4, 0.5) is 0 Å². The van der Waals surface area contributed by atoms with Crippen LogP contribution >= 0.6 is 22.9 Å². The number of hydrogen-bond donors (Lipinski definition) is 1. The minimum atomic E-state index is -3.52. The molecule has 96 valence electrons. The molecule has 0 radical (unpaired) electrons. The Morgan fingerprint density at radius 3 is 2.78 bits per heavy atom. The molecule has 0 aliphatic heterocycles. The van der Waals surface area contributed by atoms with Crippen LogP contribution in [0.15, 0.2) is 39.9 Å². The van der Waals surface area contributed by atoms with Crippen LogP contribution in [-0.4, -0.2) is 8.42 Å². The zero-order chi connectivity index (χ0) is 13.2. The molecule has 0 bridgehead atoms. The third-order valence-corrected chi connectivity index (χ3v) is 5.00. The lowest BCUT2D eigenvalue weighted by molar-refractivity contribution is 0.581. The molecule has 0 fully saturated rings. The normalized spacial score (nSPS) is 11.7. The van der Waals surface area contributed by atoms with Gasteiger partial charge < -0.3 is 0 Å². The van der Waals surface area contributed by atoms with Crippen molar-refractivity contribution in [1.29, 1.82) is 0 Å². The molecule has 0 spiro atoms. The predicted octanol–water partition coefficient (Wildman–Crippen LogP) is 3.19. The average molecular weight is 302 g/mol. The summed E-state index contributed by atoms with van der Waals surface area (Å²) in [4.78, 5) is 0.227. The van der Waals surface area contributed by atoms with Crippen molar-refractivity contribution in [2.75, 3.05) is 0 Å². The molecule has 1 heterocycles. The number of nitrogens with one attached hydrogen (secondary N) is 1. The number of halogens is 1. The third kappa shape index (κ3) is 3.11. The van der Waals surface area contributed by atoms with Crippen molar-refractivity contribution in [3.63, 3.8) is 0 Å². The molecule has 3 nitrogen and oxygen atoms in total. The van der Waals surface area contributed by atoms with Gasteiger partial charge in [0.25, 0.3) is 0 Å². The molecule has 0 saturated heterocycles. The molecule has 1 aromatic heterocycles. The fourth-order valence-electron chi connectivity index (χ4n) is 1.51. The summed E-state index contributed by atoms with van der Waals surface area (Å²) in [6.45, 7) is 2.03. The van der Waals surface area contributed by atoms with Crippen LogP contribution in [0.3, 0.4) is 0 Å². The van der Waals surface area contributed by atoms with Gasteiger partial charge in [-0.15, -0.1) is 0 Å². The van der Waals surface area contributed by atoms with E-state index in [0.29, 0.717) is 10.6 Å². The molecule has 2 rings (SSSR count). The molecule has 1 aromatic carbocycles. The maximum absolute atomic E-state index is 12.1. The summed E-state index contributed by atoms with van der Waals surface area (Å²) >= 11 is 7.37. The van der Waals surface area contributed by atoms with Crippen LogP contribution in [0, 0.1) is 6.92 Å². The second-order valence-electron chi connectivity index (χ2n) is 3.87. The number of hydrogen-bond acceptors (Lipinski definition) is 3. The Bertz CT molecular complexity index is 636. The first kappa shape index (κ1) is 13.5. The summed E-state index contributed by atoms with van der Waals surface area (Å²) in [6, 6.07) is 6.72. The van der Waals surface area contributed by atoms with E-state index in [-0.39, 0.29) is 11.4 Å². The van der Waals surface area contributed by atoms with Crippen LogP contribution in [0.25, 0.3) is 0 Å². The first-order chi connectivity index (χ1) is 8.49. The molecule has 2 aromatic rings. The van der Waals surface area contributed by atoms with Gasteiger partial charge in [0.05, 0.1) is 4.90 Å². The van der Waals surface area contributed by atoms with Crippen LogP contribution < -0.4 is 4.72 Å². The van der Waals surface area contributed by atoms with Gasteiger partial charge >= 0.3 is 0 Å². The smallest absolute Gasteiger partial charge is 0.207 e. The molecule has 1 N–H and O–H groups in total. The lowest BCUT2D eigenvalue weighted by atomic mass is 10.2. The van der Waals surface area contributed by atoms with E-state index in [2.05, 4.69) is 4.72 Å². The Morgan fingerprint density at radius 1 is 1.33 bits per heavy atom. The van der Waals surface area contributed by atoms with Gasteiger partial charge in [-0.1, -0.05) is 17.7 Å². The van der Waals surface area contributed by atoms with E-state index < -0.39 is 10.0 Å². The quantitative estimate of drug-likeness (QED) is 0.942. The van der Waals surface area contributed by atoms with Crippen LogP contribution in [0.5, 0.6) is 0 Å². The molecule has 0 unspecified atom stereocenters. The Hall–Kier alpha value is -0.880. The van der Waals surface area contributed by atoms with Gasteiger partial charge in [-0.2, -0.15) is 11.3 Å². The number of thiophene rings is 1. The molecule has 0 atom stereocenters. The van der Waals surface area contributed by atoms with Crippen molar-refractivity contribution in [2.45, 2.75) is 18.4 Å². The fourth-order valence-corrected chi connectivity index (χ4v) is 3.70. The third-order valence-electron chi connectivity index (χ3n) is 2.49. The van der Waals surface area contributed by atoms with E-state index in [4.69, 9.17) is 11.6 Å². The van der Waals surface area contributed by atoms with E-state index >= 15 is 0 Å². The highest BCUT2D eigenvalue weighted by molar-refractivity contribution is 7.89. The second kappa shape index (κ2) is 5.40. The van der Waals surface area contributed by atoms with Crippen molar-refractivity contribution in [3.8, 4) is 0 Å². The minimum absolute atomic E-state index is 0.227. The SMILES string of the molecule is Cc1ccc(Cl)cc1S(=O)(=O)NCc1ccsc1. The van der Waals surface area contributed by atoms with E-state index in [1.807, 2.05) is 16.8 Å². The van der Waals surface area contributed by atoms with Gasteiger partial charge in [-0.25, -0.2) is 13.1 Å². The van der Waals surface area contributed by atoms with Crippen molar-refractivity contribution >= 4 is 33.0 Å². The molecular weight excluding hydrogens is 290 g/mol. The molecular formula is C12H12ClNO2S2. The first-order valence-corrected chi connectivity index (χ1v) is 8.06. The monoisotopic (exact) mass is 301 g/mol. The molecule has 0 aliphatic carbocycles. The lowest BCUT2D eigenvalue weighted by Crippen LogP contribution is -2.23. The lowest BCUT2D eigenvalue weighted by Gasteiger charge is -2.09. The van der Waals surface area contributed by atoms with Crippen molar-refractivity contribution < 1.29 is 8.42 Å². The van der Waals surface area contributed by atoms with Gasteiger partial charge in [0.1, 0.15) is 0 Å². The van der Waals surface area contributed by atoms with Crippen molar-refractivity contribution in [1.82, 2.24) is 4.72 Å². The van der Waals surface area contributed by atoms with Gasteiger partial charge in [-0.05, 0) is 47.0 Å². The zero-order valence-corrected chi connectivity index (χ0v) is 12.1. The Labute approximate surface area is 115 Å². The Balaban J connectivity index is 2.22. The van der Waals surface area contributed by atoms with Gasteiger partial charge in [0.2, 0.25) is 10.0 Å². The molecule has 18 heavy (non-hydrogen) atoms. The topological polar surface area (TPSA) is 46.2 Å². The second-order valence-corrected chi connectivity index (χ2v) is 6.82. The summed E-state index contributed by atoms with van der Waals surface area (Å²) in [7, 11) is -3.52. The number of sulfonamides is 1. The van der Waals surface area contributed by atoms with Gasteiger partial charge in [-0.3, -0.25) is 0 Å². The first-order valence-electron chi connectivity index (χ1n) is 5.26. The summed E-state index contributed by atoms with van der Waals surface area (Å²) in [5, 5.41) is 4.23. The van der Waals surface area contributed by atoms with E-state index in [1.165, 1.54) is 17.4 Å². The summed E-state index contributed by atoms with van der Waals surface area (Å²) in [6.07, 6.45) is 0. The maximum atomic E-state index is 12.1. The van der Waals surface area contributed by atoms with Crippen LogP contribution in [0.1, 0.15) is 11.1 Å². The van der Waals surface area contributed by atoms with Gasteiger partial charge in [0, 0.05) is 11.6 Å². The fraction of sp³-hybridized carbons (Fsp3) is 0.167. The van der Waals surface area contributed by atoms with Crippen LogP contribution in [-0.2, 0) is 16.6 Å². The van der Waals surface area contributed by atoms with Crippen LogP contribution in [0.2, 0.25) is 5.02 Å². The standard InChI is InChI=1S/C12H12ClNO2S2/c1-9-2-3-11(13)6-12(9)18(15,16)14-7-10-4-5-17-8-10/h2-6,8,14H,7H2,1H3. The summed E-state index contributed by atoms with van der Waals surface area (Å²) < 4.78 is 26.8. The molecule has 0 aliphatic rings. The molecule has 0 saturated carbocycles. The number of benzene rings is 1. The predicted molar refractivity (Wildman–Crippen MR) is 74.5 cm³/mol. The minimum Gasteiger partial charge on any atom is -0.207 e. The van der Waals surface area contributed by atoms with E-state index in [0.717, 1.165) is 5.56 Å². The van der Waals surface area contributed by atoms with Crippen molar-refractivity contribution in [3.05, 3.63) is 51.2 Å². The van der Waals surface area contributed by atoms with E-state index in [1.54, 1.807) is 19.1 Å². The highest BCUT2D eigenvalue weighted by Crippen LogP contribution is 2.20. The Morgan fingerprint density at radius 2 is 2.11 bits per heavy atom. The van der Waals surface area contributed by atoms with Crippen molar-refractivity contribution in [2.24, 2.45) is 0 Å². The largest absolute Gasteiger partial charge is 0.241 e. The van der Waals surface area contributed by atoms with E-state index in [9.17, 15) is 8.42 Å².